The van der Waals surface area contributed by atoms with Gasteiger partial charge in [-0.25, -0.2) is 0 Å². The number of rotatable bonds is 3. The molecule has 6 heteroatoms. The summed E-state index contributed by atoms with van der Waals surface area (Å²) in [6, 6.07) is 11.1. The summed E-state index contributed by atoms with van der Waals surface area (Å²) in [6.45, 7) is 2.66. The lowest BCUT2D eigenvalue weighted by molar-refractivity contribution is 0.0571. The van der Waals surface area contributed by atoms with Crippen molar-refractivity contribution in [3.05, 3.63) is 65.8 Å². The van der Waals surface area contributed by atoms with Crippen molar-refractivity contribution >= 4 is 5.91 Å². The van der Waals surface area contributed by atoms with Crippen molar-refractivity contribution in [1.82, 2.24) is 20.1 Å². The van der Waals surface area contributed by atoms with Crippen LogP contribution in [-0.2, 0) is 0 Å². The fraction of sp³-hybridized carbons (Fsp3) is 0.300. The molecule has 1 aromatic carbocycles. The largest absolute Gasteiger partial charge is 0.418 e. The monoisotopic (exact) mass is 348 g/mol. The third-order valence-electron chi connectivity index (χ3n) is 4.79. The van der Waals surface area contributed by atoms with Crippen LogP contribution < -0.4 is 0 Å². The predicted octanol–water partition coefficient (Wildman–Crippen LogP) is 3.81. The summed E-state index contributed by atoms with van der Waals surface area (Å²) in [5, 5.41) is 8.40. The maximum absolute atomic E-state index is 13.1. The molecule has 0 saturated carbocycles. The minimum Gasteiger partial charge on any atom is -0.418 e. The van der Waals surface area contributed by atoms with Gasteiger partial charge in [-0.2, -0.15) is 0 Å². The zero-order valence-electron chi connectivity index (χ0n) is 14.6. The first-order valence-electron chi connectivity index (χ1n) is 8.84. The third kappa shape index (κ3) is 3.10. The molecule has 0 bridgehead atoms. The second-order valence-corrected chi connectivity index (χ2v) is 6.51. The number of benzene rings is 1. The molecule has 26 heavy (non-hydrogen) atoms. The molecule has 4 rings (SSSR count). The number of pyridine rings is 1. The summed E-state index contributed by atoms with van der Waals surface area (Å²) in [4.78, 5) is 19.0. The summed E-state index contributed by atoms with van der Waals surface area (Å²) in [7, 11) is 0. The van der Waals surface area contributed by atoms with Gasteiger partial charge in [0.05, 0.1) is 0 Å². The van der Waals surface area contributed by atoms with Gasteiger partial charge < -0.3 is 9.32 Å². The zero-order valence-corrected chi connectivity index (χ0v) is 14.6. The van der Waals surface area contributed by atoms with E-state index in [1.165, 1.54) is 0 Å². The van der Waals surface area contributed by atoms with Crippen LogP contribution in [0.2, 0.25) is 0 Å². The van der Waals surface area contributed by atoms with Crippen LogP contribution in [0, 0.1) is 6.92 Å². The summed E-state index contributed by atoms with van der Waals surface area (Å²) in [5.41, 5.74) is 2.53. The number of amides is 1. The summed E-state index contributed by atoms with van der Waals surface area (Å²) in [6.07, 6.45) is 6.23. The van der Waals surface area contributed by atoms with Gasteiger partial charge in [-0.05, 0) is 49.9 Å². The molecule has 0 N–H and O–H groups in total. The van der Waals surface area contributed by atoms with Crippen molar-refractivity contribution in [3.8, 4) is 11.5 Å². The Bertz CT molecular complexity index is 907. The summed E-state index contributed by atoms with van der Waals surface area (Å²) in [5.74, 6) is 0.978. The highest BCUT2D eigenvalue weighted by atomic mass is 16.4. The molecule has 0 radical (unpaired) electrons. The van der Waals surface area contributed by atoms with E-state index in [1.54, 1.807) is 12.4 Å². The van der Waals surface area contributed by atoms with Gasteiger partial charge in [0.2, 0.25) is 11.8 Å². The second kappa shape index (κ2) is 7.07. The van der Waals surface area contributed by atoms with Crippen LogP contribution in [0.5, 0.6) is 0 Å². The standard InChI is InChI=1S/C20H20N4O2/c1-14-6-2-3-7-16(14)20(25)24-13-5-4-8-17(24)19-23-22-18(26-19)15-9-11-21-12-10-15/h2-3,6-7,9-12,17H,4-5,8,13H2,1H3/t17-/m1/s1. The number of aryl methyl sites for hydroxylation is 1. The van der Waals surface area contributed by atoms with Gasteiger partial charge in [-0.3, -0.25) is 9.78 Å². The van der Waals surface area contributed by atoms with Crippen LogP contribution in [-0.4, -0.2) is 32.5 Å². The zero-order chi connectivity index (χ0) is 17.9. The lowest BCUT2D eigenvalue weighted by Crippen LogP contribution is -2.39. The highest BCUT2D eigenvalue weighted by molar-refractivity contribution is 5.95. The van der Waals surface area contributed by atoms with E-state index in [1.807, 2.05) is 48.2 Å². The average molecular weight is 348 g/mol. The molecule has 1 saturated heterocycles. The average Bonchev–Trinajstić information content (AvgIpc) is 3.19. The normalized spacial score (nSPS) is 17.3. The van der Waals surface area contributed by atoms with Crippen molar-refractivity contribution in [2.24, 2.45) is 0 Å². The highest BCUT2D eigenvalue weighted by Crippen LogP contribution is 2.33. The van der Waals surface area contributed by atoms with Crippen molar-refractivity contribution in [2.75, 3.05) is 6.54 Å². The number of nitrogens with zero attached hydrogens (tertiary/aromatic N) is 4. The van der Waals surface area contributed by atoms with Crippen LogP contribution in [0.25, 0.3) is 11.5 Å². The van der Waals surface area contributed by atoms with Crippen molar-refractivity contribution in [2.45, 2.75) is 32.2 Å². The van der Waals surface area contributed by atoms with Gasteiger partial charge in [0.25, 0.3) is 5.91 Å². The maximum Gasteiger partial charge on any atom is 0.254 e. The fourth-order valence-electron chi connectivity index (χ4n) is 3.38. The molecule has 1 aliphatic heterocycles. The molecule has 0 unspecified atom stereocenters. The van der Waals surface area contributed by atoms with Crippen LogP contribution in [0.3, 0.4) is 0 Å². The first kappa shape index (κ1) is 16.4. The van der Waals surface area contributed by atoms with E-state index < -0.39 is 0 Å². The molecule has 0 spiro atoms. The second-order valence-electron chi connectivity index (χ2n) is 6.51. The number of aromatic nitrogens is 3. The molecule has 1 aliphatic rings. The molecule has 0 aliphatic carbocycles. The molecule has 3 heterocycles. The molecule has 6 nitrogen and oxygen atoms in total. The van der Waals surface area contributed by atoms with E-state index in [0.29, 0.717) is 18.3 Å². The Morgan fingerprint density at radius 1 is 1.12 bits per heavy atom. The van der Waals surface area contributed by atoms with Gasteiger partial charge in [0.15, 0.2) is 0 Å². The van der Waals surface area contributed by atoms with Gasteiger partial charge >= 0.3 is 0 Å². The van der Waals surface area contributed by atoms with Crippen molar-refractivity contribution in [1.29, 1.82) is 0 Å². The number of carbonyl (C=O) groups excluding carboxylic acids is 1. The lowest BCUT2D eigenvalue weighted by Gasteiger charge is -2.33. The fourth-order valence-corrected chi connectivity index (χ4v) is 3.38. The number of piperidine rings is 1. The SMILES string of the molecule is Cc1ccccc1C(=O)N1CCCC[C@@H]1c1nnc(-c2ccncc2)o1. The van der Waals surface area contributed by atoms with Crippen molar-refractivity contribution < 1.29 is 9.21 Å². The van der Waals surface area contributed by atoms with E-state index in [0.717, 1.165) is 36.0 Å². The maximum atomic E-state index is 13.1. The van der Waals surface area contributed by atoms with Crippen LogP contribution in [0.15, 0.2) is 53.2 Å². The third-order valence-corrected chi connectivity index (χ3v) is 4.79. The van der Waals surface area contributed by atoms with Gasteiger partial charge in [0, 0.05) is 30.1 Å². The smallest absolute Gasteiger partial charge is 0.254 e. The van der Waals surface area contributed by atoms with Gasteiger partial charge in [0.1, 0.15) is 6.04 Å². The first-order valence-corrected chi connectivity index (χ1v) is 8.84. The predicted molar refractivity (Wildman–Crippen MR) is 96.3 cm³/mol. The Morgan fingerprint density at radius 3 is 2.73 bits per heavy atom. The summed E-state index contributed by atoms with van der Waals surface area (Å²) >= 11 is 0. The highest BCUT2D eigenvalue weighted by Gasteiger charge is 2.33. The Labute approximate surface area is 151 Å². The molecule has 2 aromatic heterocycles. The number of hydrogen-bond acceptors (Lipinski definition) is 5. The molecule has 1 fully saturated rings. The van der Waals surface area contributed by atoms with Gasteiger partial charge in [-0.1, -0.05) is 18.2 Å². The molecule has 1 amide bonds. The van der Waals surface area contributed by atoms with E-state index in [9.17, 15) is 4.79 Å². The molecule has 132 valence electrons. The topological polar surface area (TPSA) is 72.1 Å². The molecular formula is C20H20N4O2. The Balaban J connectivity index is 1.63. The van der Waals surface area contributed by atoms with E-state index in [2.05, 4.69) is 15.2 Å². The van der Waals surface area contributed by atoms with Gasteiger partial charge in [-0.15, -0.1) is 10.2 Å². The van der Waals surface area contributed by atoms with E-state index in [4.69, 9.17) is 4.42 Å². The van der Waals surface area contributed by atoms with Crippen LogP contribution in [0.4, 0.5) is 0 Å². The molecule has 1 atom stereocenters. The Kier molecular flexibility index (Phi) is 4.48. The first-order chi connectivity index (χ1) is 12.7. The minimum absolute atomic E-state index is 0.0245. The summed E-state index contributed by atoms with van der Waals surface area (Å²) < 4.78 is 5.91. The number of likely N-dealkylation sites (tertiary alicyclic amines) is 1. The Morgan fingerprint density at radius 2 is 1.92 bits per heavy atom. The van der Waals surface area contributed by atoms with E-state index >= 15 is 0 Å². The number of carbonyl (C=O) groups is 1. The molecular weight excluding hydrogens is 328 g/mol. The molecule has 3 aromatic rings. The van der Waals surface area contributed by atoms with Crippen molar-refractivity contribution in [3.63, 3.8) is 0 Å². The minimum atomic E-state index is -0.182. The Hall–Kier alpha value is -3.02. The quantitative estimate of drug-likeness (QED) is 0.720. The van der Waals surface area contributed by atoms with E-state index in [-0.39, 0.29) is 11.9 Å². The van der Waals surface area contributed by atoms with Crippen LogP contribution in [0.1, 0.15) is 47.1 Å². The van der Waals surface area contributed by atoms with Crippen LogP contribution >= 0.6 is 0 Å². The lowest BCUT2D eigenvalue weighted by atomic mass is 9.99. The number of hydrogen-bond donors (Lipinski definition) is 0.